The summed E-state index contributed by atoms with van der Waals surface area (Å²) in [6, 6.07) is 20.3. The van der Waals surface area contributed by atoms with Crippen molar-refractivity contribution in [3.8, 4) is 0 Å². The first kappa shape index (κ1) is 16.2. The Balaban J connectivity index is 1.45. The van der Waals surface area contributed by atoms with Gasteiger partial charge in [-0.1, -0.05) is 60.7 Å². The minimum absolute atomic E-state index is 0.0387. The third kappa shape index (κ3) is 4.64. The fourth-order valence-electron chi connectivity index (χ4n) is 3.14. The first-order valence-corrected chi connectivity index (χ1v) is 8.17. The van der Waals surface area contributed by atoms with Gasteiger partial charge in [0.15, 0.2) is 0 Å². The van der Waals surface area contributed by atoms with E-state index in [4.69, 9.17) is 9.47 Å². The molecule has 0 bridgehead atoms. The van der Waals surface area contributed by atoms with Crippen LogP contribution in [0.4, 0.5) is 0 Å². The average molecular weight is 312 g/mol. The van der Waals surface area contributed by atoms with Crippen molar-refractivity contribution in [2.75, 3.05) is 13.2 Å². The molecule has 1 aliphatic rings. The lowest BCUT2D eigenvalue weighted by atomic mass is 9.68. The van der Waals surface area contributed by atoms with Crippen LogP contribution in [0, 0.1) is 5.41 Å². The predicted molar refractivity (Wildman–Crippen MR) is 89.9 cm³/mol. The minimum Gasteiger partial charge on any atom is -0.393 e. The maximum absolute atomic E-state index is 9.71. The van der Waals surface area contributed by atoms with Gasteiger partial charge >= 0.3 is 0 Å². The van der Waals surface area contributed by atoms with Gasteiger partial charge in [0.25, 0.3) is 0 Å². The molecule has 1 N–H and O–H groups in total. The van der Waals surface area contributed by atoms with E-state index in [1.165, 1.54) is 11.1 Å². The van der Waals surface area contributed by atoms with E-state index in [1.807, 2.05) is 36.4 Å². The molecule has 3 heteroatoms. The van der Waals surface area contributed by atoms with E-state index in [9.17, 15) is 5.11 Å². The second-order valence-corrected chi connectivity index (χ2v) is 6.52. The first-order chi connectivity index (χ1) is 11.3. The monoisotopic (exact) mass is 312 g/mol. The van der Waals surface area contributed by atoms with Crippen LogP contribution in [0.3, 0.4) is 0 Å². The smallest absolute Gasteiger partial charge is 0.0717 e. The van der Waals surface area contributed by atoms with Crippen LogP contribution in [0.2, 0.25) is 0 Å². The van der Waals surface area contributed by atoms with Crippen molar-refractivity contribution in [1.29, 1.82) is 0 Å². The van der Waals surface area contributed by atoms with Gasteiger partial charge in [-0.2, -0.15) is 0 Å². The van der Waals surface area contributed by atoms with Crippen LogP contribution < -0.4 is 0 Å². The number of hydrogen-bond acceptors (Lipinski definition) is 3. The van der Waals surface area contributed by atoms with Crippen molar-refractivity contribution in [3.05, 3.63) is 71.8 Å². The summed E-state index contributed by atoms with van der Waals surface area (Å²) >= 11 is 0. The molecule has 2 aromatic rings. The second-order valence-electron chi connectivity index (χ2n) is 6.52. The molecular weight excluding hydrogens is 288 g/mol. The van der Waals surface area contributed by atoms with Gasteiger partial charge in [-0.05, 0) is 24.0 Å². The average Bonchev–Trinajstić information content (AvgIpc) is 2.55. The van der Waals surface area contributed by atoms with Crippen LogP contribution in [0.25, 0.3) is 0 Å². The van der Waals surface area contributed by atoms with Crippen LogP contribution in [0.15, 0.2) is 60.7 Å². The van der Waals surface area contributed by atoms with Gasteiger partial charge in [0.1, 0.15) is 0 Å². The number of aliphatic hydroxyl groups is 1. The molecular formula is C20H24O3. The molecule has 0 saturated heterocycles. The number of rotatable bonds is 8. The molecule has 1 fully saturated rings. The third-order valence-corrected chi connectivity index (χ3v) is 4.38. The van der Waals surface area contributed by atoms with E-state index in [2.05, 4.69) is 24.3 Å². The third-order valence-electron chi connectivity index (χ3n) is 4.38. The van der Waals surface area contributed by atoms with Crippen molar-refractivity contribution in [1.82, 2.24) is 0 Å². The standard InChI is InChI=1S/C20H24O3/c21-19-11-20(12-19,15-22-13-17-7-3-1-4-8-17)16-23-14-18-9-5-2-6-10-18/h1-10,19,21H,11-16H2. The summed E-state index contributed by atoms with van der Waals surface area (Å²) < 4.78 is 11.8. The fourth-order valence-corrected chi connectivity index (χ4v) is 3.14. The molecule has 0 amide bonds. The van der Waals surface area contributed by atoms with Crippen molar-refractivity contribution < 1.29 is 14.6 Å². The summed E-state index contributed by atoms with van der Waals surface area (Å²) in [5.41, 5.74) is 2.31. The summed E-state index contributed by atoms with van der Waals surface area (Å²) in [6.45, 7) is 2.48. The van der Waals surface area contributed by atoms with Crippen molar-refractivity contribution in [2.24, 2.45) is 5.41 Å². The van der Waals surface area contributed by atoms with Crippen LogP contribution in [0.1, 0.15) is 24.0 Å². The quantitative estimate of drug-likeness (QED) is 0.810. The molecule has 0 spiro atoms. The van der Waals surface area contributed by atoms with Gasteiger partial charge in [-0.15, -0.1) is 0 Å². The Bertz CT molecular complexity index is 529. The predicted octanol–water partition coefficient (Wildman–Crippen LogP) is 3.56. The van der Waals surface area contributed by atoms with E-state index < -0.39 is 0 Å². The lowest BCUT2D eigenvalue weighted by molar-refractivity contribution is -0.127. The SMILES string of the molecule is OC1CC(COCc2ccccc2)(COCc2ccccc2)C1. The summed E-state index contributed by atoms with van der Waals surface area (Å²) in [5, 5.41) is 9.71. The van der Waals surface area contributed by atoms with Gasteiger partial charge in [0.2, 0.25) is 0 Å². The molecule has 3 rings (SSSR count). The molecule has 3 nitrogen and oxygen atoms in total. The molecule has 0 atom stereocenters. The molecule has 1 saturated carbocycles. The number of hydrogen-bond donors (Lipinski definition) is 1. The van der Waals surface area contributed by atoms with Gasteiger partial charge in [-0.3, -0.25) is 0 Å². The topological polar surface area (TPSA) is 38.7 Å². The van der Waals surface area contributed by atoms with E-state index in [0.717, 1.165) is 12.8 Å². The molecule has 0 heterocycles. The van der Waals surface area contributed by atoms with Crippen molar-refractivity contribution in [2.45, 2.75) is 32.2 Å². The van der Waals surface area contributed by atoms with Crippen LogP contribution >= 0.6 is 0 Å². The number of aliphatic hydroxyl groups excluding tert-OH is 1. The second kappa shape index (κ2) is 7.73. The zero-order valence-corrected chi connectivity index (χ0v) is 13.4. The molecule has 0 radical (unpaired) electrons. The summed E-state index contributed by atoms with van der Waals surface area (Å²) in [7, 11) is 0. The van der Waals surface area contributed by atoms with Crippen molar-refractivity contribution >= 4 is 0 Å². The van der Waals surface area contributed by atoms with Crippen molar-refractivity contribution in [3.63, 3.8) is 0 Å². The molecule has 0 unspecified atom stereocenters. The van der Waals surface area contributed by atoms with E-state index >= 15 is 0 Å². The summed E-state index contributed by atoms with van der Waals surface area (Å²) in [5.74, 6) is 0. The Labute approximate surface area is 137 Å². The Morgan fingerprint density at radius 2 is 1.22 bits per heavy atom. The summed E-state index contributed by atoms with van der Waals surface area (Å²) in [6.07, 6.45) is 1.31. The molecule has 1 aliphatic carbocycles. The molecule has 122 valence electrons. The maximum atomic E-state index is 9.71. The number of benzene rings is 2. The van der Waals surface area contributed by atoms with Gasteiger partial charge < -0.3 is 14.6 Å². The Morgan fingerprint density at radius 3 is 1.61 bits per heavy atom. The largest absolute Gasteiger partial charge is 0.393 e. The van der Waals surface area contributed by atoms with E-state index in [1.54, 1.807) is 0 Å². The minimum atomic E-state index is -0.212. The lowest BCUT2D eigenvalue weighted by Gasteiger charge is -2.44. The highest BCUT2D eigenvalue weighted by Crippen LogP contribution is 2.42. The highest BCUT2D eigenvalue weighted by Gasteiger charge is 2.44. The summed E-state index contributed by atoms with van der Waals surface area (Å²) in [4.78, 5) is 0. The lowest BCUT2D eigenvalue weighted by Crippen LogP contribution is -2.47. The zero-order valence-electron chi connectivity index (χ0n) is 13.4. The molecule has 2 aromatic carbocycles. The highest BCUT2D eigenvalue weighted by atomic mass is 16.5. The van der Waals surface area contributed by atoms with Gasteiger partial charge in [0.05, 0.1) is 32.5 Å². The Hall–Kier alpha value is -1.68. The maximum Gasteiger partial charge on any atom is 0.0717 e. The highest BCUT2D eigenvalue weighted by molar-refractivity contribution is 5.14. The fraction of sp³-hybridized carbons (Fsp3) is 0.400. The van der Waals surface area contributed by atoms with Gasteiger partial charge in [0, 0.05) is 5.41 Å². The normalized spacial score (nSPS) is 16.9. The Kier molecular flexibility index (Phi) is 5.44. The zero-order chi connectivity index (χ0) is 16.0. The van der Waals surface area contributed by atoms with Gasteiger partial charge in [-0.25, -0.2) is 0 Å². The van der Waals surface area contributed by atoms with Crippen LogP contribution in [-0.2, 0) is 22.7 Å². The van der Waals surface area contributed by atoms with Crippen LogP contribution in [-0.4, -0.2) is 24.4 Å². The van der Waals surface area contributed by atoms with E-state index in [-0.39, 0.29) is 11.5 Å². The molecule has 23 heavy (non-hydrogen) atoms. The molecule has 0 aliphatic heterocycles. The first-order valence-electron chi connectivity index (χ1n) is 8.17. The number of ether oxygens (including phenoxy) is 2. The van der Waals surface area contributed by atoms with E-state index in [0.29, 0.717) is 26.4 Å². The molecule has 0 aromatic heterocycles. The Morgan fingerprint density at radius 1 is 0.783 bits per heavy atom. The van der Waals surface area contributed by atoms with Crippen LogP contribution in [0.5, 0.6) is 0 Å².